The van der Waals surface area contributed by atoms with Gasteiger partial charge in [-0.05, 0) is 22.0 Å². The molecule has 0 saturated carbocycles. The second kappa shape index (κ2) is 4.56. The molecule has 0 aliphatic heterocycles. The predicted molar refractivity (Wildman–Crippen MR) is 54.7 cm³/mol. The first-order valence-electron chi connectivity index (χ1n) is 3.56. The van der Waals surface area contributed by atoms with Gasteiger partial charge >= 0.3 is 11.9 Å². The lowest BCUT2D eigenvalue weighted by Crippen LogP contribution is -2.08. The number of halogens is 1. The van der Waals surface area contributed by atoms with Gasteiger partial charge in [-0.2, -0.15) is 0 Å². The Morgan fingerprint density at radius 3 is 2.36 bits per heavy atom. The van der Waals surface area contributed by atoms with Gasteiger partial charge in [-0.3, -0.25) is 0 Å². The minimum atomic E-state index is -0.549. The molecule has 0 N–H and O–H groups in total. The summed E-state index contributed by atoms with van der Waals surface area (Å²) in [6, 6.07) is 1.53. The summed E-state index contributed by atoms with van der Waals surface area (Å²) in [4.78, 5) is 22.7. The summed E-state index contributed by atoms with van der Waals surface area (Å²) >= 11 is 4.31. The molecule has 4 nitrogen and oxygen atoms in total. The van der Waals surface area contributed by atoms with E-state index in [2.05, 4.69) is 25.4 Å². The zero-order chi connectivity index (χ0) is 10.7. The fraction of sp³-hybridized carbons (Fsp3) is 0.250. The molecule has 6 heteroatoms. The third kappa shape index (κ3) is 2.13. The van der Waals surface area contributed by atoms with Crippen LogP contribution in [0.3, 0.4) is 0 Å². The molecule has 14 heavy (non-hydrogen) atoms. The standard InChI is InChI=1S/C8H7BrO4S/c1-12-7(10)4-3-5(9)14-6(4)8(11)13-2/h3H,1-2H3. The van der Waals surface area contributed by atoms with Gasteiger partial charge in [0.25, 0.3) is 0 Å². The lowest BCUT2D eigenvalue weighted by atomic mass is 10.2. The average molecular weight is 279 g/mol. The van der Waals surface area contributed by atoms with Gasteiger partial charge in [-0.1, -0.05) is 0 Å². The monoisotopic (exact) mass is 278 g/mol. The molecule has 0 saturated heterocycles. The quantitative estimate of drug-likeness (QED) is 0.778. The summed E-state index contributed by atoms with van der Waals surface area (Å²) in [6.07, 6.45) is 0. The fourth-order valence-electron chi connectivity index (χ4n) is 0.867. The van der Waals surface area contributed by atoms with E-state index in [1.54, 1.807) is 0 Å². The Bertz CT molecular complexity index is 338. The molecule has 0 bridgehead atoms. The van der Waals surface area contributed by atoms with Gasteiger partial charge in [0.1, 0.15) is 4.88 Å². The van der Waals surface area contributed by atoms with E-state index in [9.17, 15) is 9.59 Å². The van der Waals surface area contributed by atoms with Gasteiger partial charge in [-0.15, -0.1) is 11.3 Å². The van der Waals surface area contributed by atoms with Crippen molar-refractivity contribution in [2.24, 2.45) is 0 Å². The molecule has 0 amide bonds. The Kier molecular flexibility index (Phi) is 3.65. The number of thiophene rings is 1. The van der Waals surface area contributed by atoms with E-state index in [0.717, 1.165) is 11.3 Å². The first-order chi connectivity index (χ1) is 6.60. The maximum absolute atomic E-state index is 11.2. The average Bonchev–Trinajstić information content (AvgIpc) is 2.58. The zero-order valence-corrected chi connectivity index (χ0v) is 9.90. The van der Waals surface area contributed by atoms with Crippen LogP contribution in [0.15, 0.2) is 9.85 Å². The molecular formula is C8H7BrO4S. The summed E-state index contributed by atoms with van der Waals surface area (Å²) in [5.74, 6) is -1.09. The smallest absolute Gasteiger partial charge is 0.348 e. The highest BCUT2D eigenvalue weighted by Crippen LogP contribution is 2.28. The number of hydrogen-bond donors (Lipinski definition) is 0. The van der Waals surface area contributed by atoms with Gasteiger partial charge in [0.2, 0.25) is 0 Å². The molecule has 1 aromatic rings. The van der Waals surface area contributed by atoms with Gasteiger partial charge in [-0.25, -0.2) is 9.59 Å². The molecular weight excluding hydrogens is 272 g/mol. The van der Waals surface area contributed by atoms with Crippen molar-refractivity contribution in [3.05, 3.63) is 20.3 Å². The summed E-state index contributed by atoms with van der Waals surface area (Å²) in [5, 5.41) is 0. The predicted octanol–water partition coefficient (Wildman–Crippen LogP) is 2.08. The Morgan fingerprint density at radius 1 is 1.29 bits per heavy atom. The molecule has 1 rings (SSSR count). The van der Waals surface area contributed by atoms with Crippen molar-refractivity contribution in [2.45, 2.75) is 0 Å². The van der Waals surface area contributed by atoms with E-state index in [1.165, 1.54) is 20.3 Å². The van der Waals surface area contributed by atoms with Crippen LogP contribution in [0.25, 0.3) is 0 Å². The van der Waals surface area contributed by atoms with E-state index in [0.29, 0.717) is 3.79 Å². The lowest BCUT2D eigenvalue weighted by Gasteiger charge is -1.98. The third-order valence-electron chi connectivity index (χ3n) is 1.48. The van der Waals surface area contributed by atoms with Crippen LogP contribution in [0.4, 0.5) is 0 Å². The molecule has 0 radical (unpaired) electrons. The SMILES string of the molecule is COC(=O)c1cc(Br)sc1C(=O)OC. The molecule has 0 aromatic carbocycles. The van der Waals surface area contributed by atoms with Crippen molar-refractivity contribution in [1.82, 2.24) is 0 Å². The summed E-state index contributed by atoms with van der Waals surface area (Å²) in [5.41, 5.74) is 0.219. The highest BCUT2D eigenvalue weighted by atomic mass is 79.9. The fourth-order valence-corrected chi connectivity index (χ4v) is 2.37. The summed E-state index contributed by atoms with van der Waals surface area (Å²) < 4.78 is 9.73. The van der Waals surface area contributed by atoms with Crippen molar-refractivity contribution in [3.8, 4) is 0 Å². The highest BCUT2D eigenvalue weighted by Gasteiger charge is 2.21. The van der Waals surface area contributed by atoms with Gasteiger partial charge in [0.15, 0.2) is 0 Å². The van der Waals surface area contributed by atoms with Gasteiger partial charge < -0.3 is 9.47 Å². The van der Waals surface area contributed by atoms with Crippen molar-refractivity contribution in [3.63, 3.8) is 0 Å². The second-order valence-corrected chi connectivity index (χ2v) is 4.71. The topological polar surface area (TPSA) is 52.6 Å². The van der Waals surface area contributed by atoms with Crippen LogP contribution in [-0.4, -0.2) is 26.2 Å². The van der Waals surface area contributed by atoms with Crippen molar-refractivity contribution in [2.75, 3.05) is 14.2 Å². The third-order valence-corrected chi connectivity index (χ3v) is 3.10. The number of carbonyl (C=O) groups excluding carboxylic acids is 2. The molecule has 76 valence electrons. The van der Waals surface area contributed by atoms with Crippen LogP contribution in [0.5, 0.6) is 0 Å². The second-order valence-electron chi connectivity index (χ2n) is 2.28. The van der Waals surface area contributed by atoms with E-state index >= 15 is 0 Å². The van der Waals surface area contributed by atoms with Crippen LogP contribution < -0.4 is 0 Å². The molecule has 0 atom stereocenters. The molecule has 0 aliphatic rings. The summed E-state index contributed by atoms with van der Waals surface area (Å²) in [7, 11) is 2.52. The lowest BCUT2D eigenvalue weighted by molar-refractivity contribution is 0.0560. The Balaban J connectivity index is 3.15. The summed E-state index contributed by atoms with van der Waals surface area (Å²) in [6.45, 7) is 0. The van der Waals surface area contributed by atoms with E-state index in [-0.39, 0.29) is 10.4 Å². The first-order valence-corrected chi connectivity index (χ1v) is 5.17. The van der Waals surface area contributed by atoms with E-state index in [4.69, 9.17) is 0 Å². The molecule has 0 unspecified atom stereocenters. The van der Waals surface area contributed by atoms with E-state index < -0.39 is 11.9 Å². The number of carbonyl (C=O) groups is 2. The maximum atomic E-state index is 11.2. The number of esters is 2. The van der Waals surface area contributed by atoms with Gasteiger partial charge in [0, 0.05) is 0 Å². The Labute approximate surface area is 92.9 Å². The first kappa shape index (κ1) is 11.2. The van der Waals surface area contributed by atoms with Crippen LogP contribution >= 0.6 is 27.3 Å². The Morgan fingerprint density at radius 2 is 1.86 bits per heavy atom. The van der Waals surface area contributed by atoms with Crippen LogP contribution in [0, 0.1) is 0 Å². The van der Waals surface area contributed by atoms with Gasteiger partial charge in [0.05, 0.1) is 23.6 Å². The maximum Gasteiger partial charge on any atom is 0.348 e. The van der Waals surface area contributed by atoms with Crippen molar-refractivity contribution < 1.29 is 19.1 Å². The molecule has 0 spiro atoms. The number of methoxy groups -OCH3 is 2. The minimum Gasteiger partial charge on any atom is -0.465 e. The van der Waals surface area contributed by atoms with Crippen LogP contribution in [0.1, 0.15) is 20.0 Å². The largest absolute Gasteiger partial charge is 0.465 e. The van der Waals surface area contributed by atoms with Crippen LogP contribution in [-0.2, 0) is 9.47 Å². The van der Waals surface area contributed by atoms with Crippen molar-refractivity contribution >= 4 is 39.2 Å². The highest BCUT2D eigenvalue weighted by molar-refractivity contribution is 9.11. The molecule has 0 fully saturated rings. The number of hydrogen-bond acceptors (Lipinski definition) is 5. The molecule has 1 aromatic heterocycles. The van der Waals surface area contributed by atoms with E-state index in [1.807, 2.05) is 0 Å². The van der Waals surface area contributed by atoms with Crippen LogP contribution in [0.2, 0.25) is 0 Å². The molecule has 1 heterocycles. The minimum absolute atomic E-state index is 0.219. The van der Waals surface area contributed by atoms with Crippen molar-refractivity contribution in [1.29, 1.82) is 0 Å². The molecule has 0 aliphatic carbocycles. The zero-order valence-electron chi connectivity index (χ0n) is 7.50. The Hall–Kier alpha value is -0.880. The number of ether oxygens (including phenoxy) is 2. The normalized spacial score (nSPS) is 9.64. The number of rotatable bonds is 2.